The number of aryl methyl sites for hydroxylation is 2. The van der Waals surface area contributed by atoms with Gasteiger partial charge in [-0.05, 0) is 38.3 Å². The van der Waals surface area contributed by atoms with Gasteiger partial charge in [0.2, 0.25) is 0 Å². The number of aliphatic hydroxyl groups excluding tert-OH is 1. The van der Waals surface area contributed by atoms with Gasteiger partial charge in [0, 0.05) is 35.1 Å². The molecule has 1 aliphatic rings. The van der Waals surface area contributed by atoms with E-state index in [0.29, 0.717) is 17.3 Å². The van der Waals surface area contributed by atoms with E-state index in [1.165, 1.54) is 12.8 Å². The van der Waals surface area contributed by atoms with Gasteiger partial charge in [-0.15, -0.1) is 0 Å². The second kappa shape index (κ2) is 5.17. The minimum absolute atomic E-state index is 0.0840. The van der Waals surface area contributed by atoms with Crippen molar-refractivity contribution in [1.82, 2.24) is 15.2 Å². The number of nitrogens with one attached hydrogen (secondary N) is 1. The Kier molecular flexibility index (Phi) is 3.36. The van der Waals surface area contributed by atoms with Crippen LogP contribution in [0.2, 0.25) is 0 Å². The summed E-state index contributed by atoms with van der Waals surface area (Å²) < 4.78 is 0. The van der Waals surface area contributed by atoms with Crippen LogP contribution < -0.4 is 5.36 Å². The van der Waals surface area contributed by atoms with Crippen molar-refractivity contribution < 1.29 is 5.11 Å². The van der Waals surface area contributed by atoms with E-state index < -0.39 is 0 Å². The first-order valence-electron chi connectivity index (χ1n) is 6.84. The number of aromatic nitrogens is 3. The minimum atomic E-state index is -0.0840. The van der Waals surface area contributed by atoms with Crippen LogP contribution in [0.15, 0.2) is 23.3 Å². The Morgan fingerprint density at radius 2 is 2.15 bits per heavy atom. The topological polar surface area (TPSA) is 74.2 Å². The van der Waals surface area contributed by atoms with E-state index in [2.05, 4.69) is 20.2 Å². The molecule has 0 radical (unpaired) electrons. The van der Waals surface area contributed by atoms with Crippen molar-refractivity contribution >= 4 is 5.82 Å². The van der Waals surface area contributed by atoms with Crippen molar-refractivity contribution in [2.45, 2.75) is 39.2 Å². The maximum Gasteiger partial charge on any atom is 0.174 e. The third kappa shape index (κ3) is 2.63. The van der Waals surface area contributed by atoms with Gasteiger partial charge >= 0.3 is 0 Å². The second-order valence-electron chi connectivity index (χ2n) is 5.31. The first-order chi connectivity index (χ1) is 9.67. The minimum Gasteiger partial charge on any atom is -0.392 e. The third-order valence-corrected chi connectivity index (χ3v) is 3.67. The Labute approximate surface area is 117 Å². The smallest absolute Gasteiger partial charge is 0.174 e. The lowest BCUT2D eigenvalue weighted by Crippen LogP contribution is -2.06. The van der Waals surface area contributed by atoms with Gasteiger partial charge < -0.3 is 5.11 Å². The number of aromatic amines is 1. The van der Waals surface area contributed by atoms with Crippen LogP contribution in [0.25, 0.3) is 0 Å². The number of H-pyrrole nitrogens is 1. The molecule has 5 nitrogen and oxygen atoms in total. The molecule has 3 rings (SSSR count). The quantitative estimate of drug-likeness (QED) is 0.896. The SMILES string of the molecule is Cc1cc(=Nc2cc(C3CC3)[nH]n2)c(CO)cnc1C. The molecular weight excluding hydrogens is 252 g/mol. The summed E-state index contributed by atoms with van der Waals surface area (Å²) in [4.78, 5) is 8.85. The zero-order valence-corrected chi connectivity index (χ0v) is 11.7. The van der Waals surface area contributed by atoms with E-state index in [9.17, 15) is 5.11 Å². The lowest BCUT2D eigenvalue weighted by Gasteiger charge is -1.91. The summed E-state index contributed by atoms with van der Waals surface area (Å²) in [7, 11) is 0. The fraction of sp³-hybridized carbons (Fsp3) is 0.400. The van der Waals surface area contributed by atoms with E-state index in [4.69, 9.17) is 0 Å². The van der Waals surface area contributed by atoms with E-state index in [1.54, 1.807) is 6.20 Å². The van der Waals surface area contributed by atoms with Crippen molar-refractivity contribution in [2.75, 3.05) is 0 Å². The normalized spacial score (nSPS) is 15.7. The highest BCUT2D eigenvalue weighted by Gasteiger charge is 2.25. The van der Waals surface area contributed by atoms with Crippen LogP contribution in [0, 0.1) is 13.8 Å². The molecule has 0 unspecified atom stereocenters. The van der Waals surface area contributed by atoms with E-state index in [0.717, 1.165) is 22.3 Å². The maximum absolute atomic E-state index is 9.46. The molecule has 0 bridgehead atoms. The van der Waals surface area contributed by atoms with Gasteiger partial charge in [0.25, 0.3) is 0 Å². The number of rotatable bonds is 3. The molecule has 0 atom stereocenters. The van der Waals surface area contributed by atoms with Crippen LogP contribution in [-0.4, -0.2) is 20.3 Å². The molecule has 0 aliphatic heterocycles. The fourth-order valence-corrected chi connectivity index (χ4v) is 2.08. The predicted molar refractivity (Wildman–Crippen MR) is 75.4 cm³/mol. The van der Waals surface area contributed by atoms with Crippen molar-refractivity contribution in [3.05, 3.63) is 46.2 Å². The Balaban J connectivity index is 2.08. The van der Waals surface area contributed by atoms with Gasteiger partial charge in [-0.3, -0.25) is 10.1 Å². The van der Waals surface area contributed by atoms with Crippen LogP contribution in [0.1, 0.15) is 41.3 Å². The largest absolute Gasteiger partial charge is 0.392 e. The standard InChI is InChI=1S/C15H18N4O/c1-9-5-13(12(8-20)7-16-10(9)2)17-15-6-14(18-19-15)11-3-4-11/h5-7,11,20H,3-4,8H2,1-2H3,(H,18,19). The van der Waals surface area contributed by atoms with Crippen molar-refractivity contribution in [3.63, 3.8) is 0 Å². The Hall–Kier alpha value is -2.01. The Morgan fingerprint density at radius 1 is 1.35 bits per heavy atom. The summed E-state index contributed by atoms with van der Waals surface area (Å²) in [6, 6.07) is 3.93. The van der Waals surface area contributed by atoms with Crippen molar-refractivity contribution in [1.29, 1.82) is 0 Å². The molecule has 0 aromatic carbocycles. The Bertz CT molecular complexity index is 701. The van der Waals surface area contributed by atoms with Crippen LogP contribution in [0.3, 0.4) is 0 Å². The first kappa shape index (κ1) is 13.0. The first-order valence-corrected chi connectivity index (χ1v) is 6.84. The second-order valence-corrected chi connectivity index (χ2v) is 5.31. The zero-order chi connectivity index (χ0) is 14.1. The highest BCUT2D eigenvalue weighted by atomic mass is 16.3. The van der Waals surface area contributed by atoms with Crippen LogP contribution in [-0.2, 0) is 6.61 Å². The molecule has 0 spiro atoms. The zero-order valence-electron chi connectivity index (χ0n) is 11.7. The summed E-state index contributed by atoms with van der Waals surface area (Å²) in [6.07, 6.45) is 4.13. The van der Waals surface area contributed by atoms with E-state index in [-0.39, 0.29) is 6.61 Å². The molecular formula is C15H18N4O. The van der Waals surface area contributed by atoms with Crippen molar-refractivity contribution in [3.8, 4) is 0 Å². The van der Waals surface area contributed by atoms with Crippen LogP contribution in [0.4, 0.5) is 5.82 Å². The van der Waals surface area contributed by atoms with Gasteiger partial charge in [0.05, 0.1) is 12.0 Å². The molecule has 1 saturated carbocycles. The lowest BCUT2D eigenvalue weighted by atomic mass is 10.2. The highest BCUT2D eigenvalue weighted by molar-refractivity contribution is 5.33. The summed E-state index contributed by atoms with van der Waals surface area (Å²) >= 11 is 0. The Morgan fingerprint density at radius 3 is 2.85 bits per heavy atom. The molecule has 0 saturated heterocycles. The molecule has 0 amide bonds. The molecule has 1 fully saturated rings. The molecule has 1 aliphatic carbocycles. The van der Waals surface area contributed by atoms with Gasteiger partial charge in [0.15, 0.2) is 5.82 Å². The van der Waals surface area contributed by atoms with Gasteiger partial charge in [-0.2, -0.15) is 5.10 Å². The summed E-state index contributed by atoms with van der Waals surface area (Å²) in [5.41, 5.74) is 3.83. The van der Waals surface area contributed by atoms with Crippen molar-refractivity contribution in [2.24, 2.45) is 4.99 Å². The third-order valence-electron chi connectivity index (χ3n) is 3.67. The number of hydrogen-bond donors (Lipinski definition) is 2. The average Bonchev–Trinajstić information content (AvgIpc) is 3.20. The lowest BCUT2D eigenvalue weighted by molar-refractivity contribution is 0.280. The monoisotopic (exact) mass is 270 g/mol. The predicted octanol–water partition coefficient (Wildman–Crippen LogP) is 2.02. The molecule has 2 aromatic rings. The van der Waals surface area contributed by atoms with E-state index in [1.807, 2.05) is 26.0 Å². The molecule has 5 heteroatoms. The number of nitrogens with zero attached hydrogens (tertiary/aromatic N) is 3. The molecule has 104 valence electrons. The number of aliphatic hydroxyl groups is 1. The summed E-state index contributed by atoms with van der Waals surface area (Å²) in [5, 5.41) is 17.5. The molecule has 2 N–H and O–H groups in total. The van der Waals surface area contributed by atoms with Gasteiger partial charge in [0.1, 0.15) is 0 Å². The average molecular weight is 270 g/mol. The molecule has 2 aromatic heterocycles. The fourth-order valence-electron chi connectivity index (χ4n) is 2.08. The van der Waals surface area contributed by atoms with Crippen LogP contribution >= 0.6 is 0 Å². The highest BCUT2D eigenvalue weighted by Crippen LogP contribution is 2.39. The van der Waals surface area contributed by atoms with Gasteiger partial charge in [-0.1, -0.05) is 0 Å². The summed E-state index contributed by atoms with van der Waals surface area (Å²) in [6.45, 7) is 3.85. The van der Waals surface area contributed by atoms with Gasteiger partial charge in [-0.25, -0.2) is 4.99 Å². The van der Waals surface area contributed by atoms with Crippen LogP contribution in [0.5, 0.6) is 0 Å². The maximum atomic E-state index is 9.46. The summed E-state index contributed by atoms with van der Waals surface area (Å²) in [5.74, 6) is 1.28. The molecule has 2 heterocycles. The van der Waals surface area contributed by atoms with E-state index >= 15 is 0 Å². The molecule has 20 heavy (non-hydrogen) atoms. The number of hydrogen-bond acceptors (Lipinski definition) is 4.